The zero-order valence-electron chi connectivity index (χ0n) is 21.3. The summed E-state index contributed by atoms with van der Waals surface area (Å²) < 4.78 is 2.03. The molecule has 0 amide bonds. The van der Waals surface area contributed by atoms with E-state index in [1.165, 1.54) is 23.1 Å². The topological polar surface area (TPSA) is 144 Å². The van der Waals surface area contributed by atoms with Crippen LogP contribution in [-0.4, -0.2) is 65.4 Å². The normalized spacial score (nSPS) is 27.9. The van der Waals surface area contributed by atoms with E-state index in [4.69, 9.17) is 0 Å². The maximum absolute atomic E-state index is 13.4. The Morgan fingerprint density at radius 1 is 0.921 bits per heavy atom. The van der Waals surface area contributed by atoms with Gasteiger partial charge in [0, 0.05) is 71.1 Å². The van der Waals surface area contributed by atoms with Crippen LogP contribution in [0.4, 0.5) is 5.00 Å². The van der Waals surface area contributed by atoms with Crippen molar-refractivity contribution in [1.82, 2.24) is 0 Å². The molecule has 2 atom stereocenters. The van der Waals surface area contributed by atoms with Gasteiger partial charge in [0.2, 0.25) is 16.6 Å². The Kier molecular flexibility index (Phi) is 12.3. The Hall–Kier alpha value is 0.513. The molecule has 4 heterocycles. The average molecular weight is 607 g/mol. The SMILES string of the molecule is O=C1C(=O)C(c2ccc(N3CCC(C(=O)[O-])CC3)s2)C([O-])C1=C1C=CC(=[N+]2CCC(C(=O)[O-])CC2)S1.[K+].[K+]. The zero-order chi connectivity index (χ0) is 25.6. The number of hydrogen-bond donors (Lipinski definition) is 0. The van der Waals surface area contributed by atoms with Crippen LogP contribution in [0.2, 0.25) is 0 Å². The number of rotatable bonds is 4. The first kappa shape index (κ1) is 33.0. The van der Waals surface area contributed by atoms with Crippen molar-refractivity contribution in [3.8, 4) is 0 Å². The number of thioether (sulfide) groups is 1. The van der Waals surface area contributed by atoms with E-state index >= 15 is 0 Å². The molecule has 0 spiro atoms. The van der Waals surface area contributed by atoms with E-state index in [0.29, 0.717) is 61.6 Å². The Labute approximate surface area is 313 Å². The van der Waals surface area contributed by atoms with E-state index in [0.717, 1.165) is 10.0 Å². The third kappa shape index (κ3) is 6.76. The van der Waals surface area contributed by atoms with Crippen LogP contribution in [0.25, 0.3) is 0 Å². The largest absolute Gasteiger partial charge is 1.00 e. The first-order chi connectivity index (χ1) is 17.2. The van der Waals surface area contributed by atoms with Gasteiger partial charge in [0.25, 0.3) is 0 Å². The van der Waals surface area contributed by atoms with Crippen LogP contribution in [0.5, 0.6) is 0 Å². The van der Waals surface area contributed by atoms with E-state index < -0.39 is 47.4 Å². The van der Waals surface area contributed by atoms with Gasteiger partial charge < -0.3 is 29.8 Å². The first-order valence-electron chi connectivity index (χ1n) is 12.0. The molecule has 0 radical (unpaired) electrons. The molecule has 1 aromatic heterocycles. The second-order valence-corrected chi connectivity index (χ2v) is 11.6. The third-order valence-corrected chi connectivity index (χ3v) is 9.80. The molecule has 0 aromatic carbocycles. The number of carboxylic acids is 2. The fourth-order valence-corrected chi connectivity index (χ4v) is 7.54. The second-order valence-electron chi connectivity index (χ2n) is 9.48. The summed E-state index contributed by atoms with van der Waals surface area (Å²) in [6.07, 6.45) is 3.90. The van der Waals surface area contributed by atoms with Crippen molar-refractivity contribution < 1.29 is 142 Å². The van der Waals surface area contributed by atoms with Crippen molar-refractivity contribution >= 4 is 56.6 Å². The third-order valence-electron chi connectivity index (χ3n) is 7.39. The van der Waals surface area contributed by atoms with Crippen LogP contribution >= 0.6 is 23.1 Å². The van der Waals surface area contributed by atoms with Crippen molar-refractivity contribution in [3.05, 3.63) is 39.6 Å². The van der Waals surface area contributed by atoms with E-state index in [9.17, 15) is 34.5 Å². The van der Waals surface area contributed by atoms with Crippen LogP contribution in [0.15, 0.2) is 34.8 Å². The van der Waals surface area contributed by atoms with Gasteiger partial charge in [0.15, 0.2) is 0 Å². The number of ketones is 2. The van der Waals surface area contributed by atoms with E-state index in [-0.39, 0.29) is 108 Å². The molecule has 0 N–H and O–H groups in total. The predicted molar refractivity (Wildman–Crippen MR) is 127 cm³/mol. The van der Waals surface area contributed by atoms with Crippen molar-refractivity contribution in [2.75, 3.05) is 31.1 Å². The Balaban J connectivity index is 0.00000200. The number of Topliss-reactive ketones (excluding diaryl/α,β-unsaturated/α-hetero) is 2. The number of hydrogen-bond acceptors (Lipinski definition) is 10. The summed E-state index contributed by atoms with van der Waals surface area (Å²) in [5.41, 5.74) is -0.00408. The summed E-state index contributed by atoms with van der Waals surface area (Å²) in [7, 11) is 0. The van der Waals surface area contributed by atoms with E-state index in [1.807, 2.05) is 21.6 Å². The van der Waals surface area contributed by atoms with Crippen molar-refractivity contribution in [1.29, 1.82) is 0 Å². The maximum Gasteiger partial charge on any atom is 1.00 e. The Bertz CT molecular complexity index is 1220. The molecule has 1 aliphatic carbocycles. The van der Waals surface area contributed by atoms with Gasteiger partial charge in [0.1, 0.15) is 13.1 Å². The maximum atomic E-state index is 13.4. The van der Waals surface area contributed by atoms with Crippen LogP contribution in [-0.2, 0) is 19.2 Å². The van der Waals surface area contributed by atoms with Crippen LogP contribution in [0.3, 0.4) is 0 Å². The molecule has 38 heavy (non-hydrogen) atoms. The monoisotopic (exact) mass is 606 g/mol. The summed E-state index contributed by atoms with van der Waals surface area (Å²) in [4.78, 5) is 51.0. The number of piperidine rings is 2. The quantitative estimate of drug-likeness (QED) is 0.141. The van der Waals surface area contributed by atoms with Gasteiger partial charge in [-0.05, 0) is 42.8 Å². The summed E-state index contributed by atoms with van der Waals surface area (Å²) in [5, 5.41) is 37.3. The molecule has 13 heteroatoms. The van der Waals surface area contributed by atoms with Gasteiger partial charge in [-0.15, -0.1) is 11.3 Å². The van der Waals surface area contributed by atoms with Crippen LogP contribution in [0.1, 0.15) is 36.5 Å². The number of carbonyl (C=O) groups is 4. The molecule has 4 aliphatic rings. The molecule has 1 aromatic rings. The average Bonchev–Trinajstić information content (AvgIpc) is 3.59. The summed E-state index contributed by atoms with van der Waals surface area (Å²) in [6, 6.07) is 3.54. The molecule has 5 rings (SSSR count). The molecule has 3 aliphatic heterocycles. The van der Waals surface area contributed by atoms with Crippen LogP contribution < -0.4 is 123 Å². The number of aliphatic carboxylic acids is 2. The van der Waals surface area contributed by atoms with Crippen molar-refractivity contribution in [2.24, 2.45) is 11.8 Å². The summed E-state index contributed by atoms with van der Waals surface area (Å²) >= 11 is 2.58. The Morgan fingerprint density at radius 3 is 2.13 bits per heavy atom. The van der Waals surface area contributed by atoms with Gasteiger partial charge in [-0.1, -0.05) is 6.10 Å². The molecule has 3 fully saturated rings. The first-order valence-corrected chi connectivity index (χ1v) is 13.6. The fourth-order valence-electron chi connectivity index (χ4n) is 5.23. The second kappa shape index (κ2) is 14.1. The molecular weight excluding hydrogens is 583 g/mol. The van der Waals surface area contributed by atoms with E-state index in [1.54, 1.807) is 12.1 Å². The number of thiophene rings is 1. The standard InChI is InChI=1S/C25H26N2O7S2.2K/c28-21-19(15-1-3-17(35-15)26-9-5-13(6-10-26)24(31)32)22(29)23(30)20(21)16-2-4-18(36-16)27-11-7-14(8-12-27)25(33)34;;/h1-4,13-14,19,21H,5-12H2,(H,31,32)(H,33,34);;/q;2*+1/p-2. The smallest absolute Gasteiger partial charge is 0.848 e. The van der Waals surface area contributed by atoms with E-state index in [2.05, 4.69) is 0 Å². The van der Waals surface area contributed by atoms with Gasteiger partial charge >= 0.3 is 103 Å². The minimum absolute atomic E-state index is 0. The number of anilines is 1. The Morgan fingerprint density at radius 2 is 1.53 bits per heavy atom. The summed E-state index contributed by atoms with van der Waals surface area (Å²) in [6.45, 7) is 2.18. The minimum atomic E-state index is -1.50. The molecule has 1 saturated carbocycles. The van der Waals surface area contributed by atoms with Crippen LogP contribution in [0, 0.1) is 11.8 Å². The predicted octanol–water partition coefficient (Wildman–Crippen LogP) is -7.19. The van der Waals surface area contributed by atoms with Gasteiger partial charge in [-0.3, -0.25) is 9.59 Å². The number of nitrogens with zero attached hydrogens (tertiary/aromatic N) is 2. The van der Waals surface area contributed by atoms with Gasteiger partial charge in [-0.25, -0.2) is 4.58 Å². The molecule has 9 nitrogen and oxygen atoms in total. The molecule has 190 valence electrons. The fraction of sp³-hybridized carbons (Fsp3) is 0.480. The number of carbonyl (C=O) groups excluding carboxylic acids is 4. The molecule has 0 bridgehead atoms. The van der Waals surface area contributed by atoms with Gasteiger partial charge in [0.05, 0.1) is 10.9 Å². The zero-order valence-corrected chi connectivity index (χ0v) is 29.2. The molecule has 2 saturated heterocycles. The minimum Gasteiger partial charge on any atom is -0.848 e. The van der Waals surface area contributed by atoms with Crippen molar-refractivity contribution in [2.45, 2.75) is 37.7 Å². The van der Waals surface area contributed by atoms with Crippen molar-refractivity contribution in [3.63, 3.8) is 0 Å². The number of allylic oxidation sites excluding steroid dienone is 1. The number of carboxylic acid groups (broad SMARTS) is 2. The summed E-state index contributed by atoms with van der Waals surface area (Å²) in [5.74, 6) is -5.51. The molecule has 2 unspecified atom stereocenters. The molecular formula is C25H24K2N2O7S2. The van der Waals surface area contributed by atoms with Gasteiger partial charge in [-0.2, -0.15) is 0 Å².